The molecule has 0 saturated heterocycles. The molecule has 0 radical (unpaired) electrons. The van der Waals surface area contributed by atoms with Gasteiger partial charge in [-0.2, -0.15) is 0 Å². The Bertz CT molecular complexity index is 2530. The summed E-state index contributed by atoms with van der Waals surface area (Å²) in [6.45, 7) is 0. The molecule has 8 aromatic carbocycles. The van der Waals surface area contributed by atoms with Gasteiger partial charge in [-0.3, -0.25) is 0 Å². The second-order valence-corrected chi connectivity index (χ2v) is 12.8. The summed E-state index contributed by atoms with van der Waals surface area (Å²) in [6, 6.07) is 63.9. The van der Waals surface area contributed by atoms with Gasteiger partial charge in [-0.05, 0) is 75.5 Å². The van der Waals surface area contributed by atoms with Crippen LogP contribution in [0, 0.1) is 0 Å². The zero-order valence-electron chi connectivity index (χ0n) is 25.1. The SMILES string of the molecule is c1ccc(-c2cccc(N(c3ccc(-c4ccc5ccccc5c4)cc3)c3cccc4c3ccc3c5ccccc5sc43)c2)cc1. The van der Waals surface area contributed by atoms with Gasteiger partial charge < -0.3 is 4.90 Å². The van der Waals surface area contributed by atoms with Crippen molar-refractivity contribution in [2.75, 3.05) is 4.90 Å². The highest BCUT2D eigenvalue weighted by molar-refractivity contribution is 7.26. The van der Waals surface area contributed by atoms with Crippen LogP contribution < -0.4 is 4.90 Å². The van der Waals surface area contributed by atoms with Crippen molar-refractivity contribution < 1.29 is 0 Å². The molecule has 1 heterocycles. The van der Waals surface area contributed by atoms with Crippen molar-refractivity contribution in [1.29, 1.82) is 0 Å². The highest BCUT2D eigenvalue weighted by Crippen LogP contribution is 2.45. The number of hydrogen-bond acceptors (Lipinski definition) is 2. The first kappa shape index (κ1) is 26.7. The Morgan fingerprint density at radius 1 is 0.348 bits per heavy atom. The summed E-state index contributed by atoms with van der Waals surface area (Å²) < 4.78 is 2.66. The lowest BCUT2D eigenvalue weighted by atomic mass is 10.00. The van der Waals surface area contributed by atoms with Gasteiger partial charge in [-0.15, -0.1) is 11.3 Å². The van der Waals surface area contributed by atoms with Crippen LogP contribution in [0.4, 0.5) is 17.1 Å². The van der Waals surface area contributed by atoms with Gasteiger partial charge in [-0.25, -0.2) is 0 Å². The average Bonchev–Trinajstić information content (AvgIpc) is 3.52. The van der Waals surface area contributed by atoms with Gasteiger partial charge in [0.15, 0.2) is 0 Å². The molecule has 0 amide bonds. The number of anilines is 3. The van der Waals surface area contributed by atoms with Crippen LogP contribution in [0.25, 0.3) is 64.0 Å². The predicted octanol–water partition coefficient (Wildman–Crippen LogP) is 13.2. The predicted molar refractivity (Wildman–Crippen MR) is 200 cm³/mol. The zero-order valence-corrected chi connectivity index (χ0v) is 25.9. The Balaban J connectivity index is 1.23. The maximum Gasteiger partial charge on any atom is 0.0540 e. The summed E-state index contributed by atoms with van der Waals surface area (Å²) >= 11 is 1.88. The van der Waals surface area contributed by atoms with E-state index in [4.69, 9.17) is 0 Å². The fraction of sp³-hybridized carbons (Fsp3) is 0. The molecule has 0 spiro atoms. The molecular weight excluding hydrogens is 575 g/mol. The highest BCUT2D eigenvalue weighted by atomic mass is 32.1. The smallest absolute Gasteiger partial charge is 0.0540 e. The first-order valence-corrected chi connectivity index (χ1v) is 16.5. The van der Waals surface area contributed by atoms with Crippen LogP contribution in [0.15, 0.2) is 176 Å². The summed E-state index contributed by atoms with van der Waals surface area (Å²) in [7, 11) is 0. The van der Waals surface area contributed by atoms with Crippen molar-refractivity contribution in [1.82, 2.24) is 0 Å². The van der Waals surface area contributed by atoms with Crippen LogP contribution in [-0.4, -0.2) is 0 Å². The van der Waals surface area contributed by atoms with E-state index in [9.17, 15) is 0 Å². The van der Waals surface area contributed by atoms with Crippen LogP contribution in [-0.2, 0) is 0 Å². The zero-order chi connectivity index (χ0) is 30.5. The number of nitrogens with zero attached hydrogens (tertiary/aromatic N) is 1. The van der Waals surface area contributed by atoms with E-state index in [-0.39, 0.29) is 0 Å². The van der Waals surface area contributed by atoms with E-state index in [0.717, 1.165) is 11.4 Å². The fourth-order valence-corrected chi connectivity index (χ4v) is 8.00. The fourth-order valence-electron chi connectivity index (χ4n) is 6.77. The second kappa shape index (κ2) is 11.0. The van der Waals surface area contributed by atoms with E-state index in [0.29, 0.717) is 0 Å². The molecule has 0 bridgehead atoms. The minimum absolute atomic E-state index is 1.12. The molecule has 0 aliphatic heterocycles. The molecule has 0 aliphatic rings. The third-order valence-corrected chi connectivity index (χ3v) is 10.3. The van der Waals surface area contributed by atoms with Crippen molar-refractivity contribution in [3.8, 4) is 22.3 Å². The normalized spacial score (nSPS) is 11.5. The summed E-state index contributed by atoms with van der Waals surface area (Å²) in [5, 5.41) is 7.69. The van der Waals surface area contributed by atoms with Crippen LogP contribution in [0.5, 0.6) is 0 Å². The second-order valence-electron chi connectivity index (χ2n) is 11.8. The van der Waals surface area contributed by atoms with Gasteiger partial charge in [0.25, 0.3) is 0 Å². The monoisotopic (exact) mass is 603 g/mol. The Hall–Kier alpha value is -5.70. The van der Waals surface area contributed by atoms with Crippen LogP contribution in [0.3, 0.4) is 0 Å². The van der Waals surface area contributed by atoms with E-state index in [2.05, 4.69) is 181 Å². The summed E-state index contributed by atoms with van der Waals surface area (Å²) in [4.78, 5) is 2.41. The van der Waals surface area contributed by atoms with Crippen LogP contribution >= 0.6 is 11.3 Å². The molecule has 46 heavy (non-hydrogen) atoms. The lowest BCUT2D eigenvalue weighted by Crippen LogP contribution is -2.10. The Labute approximate surface area is 272 Å². The van der Waals surface area contributed by atoms with E-state index >= 15 is 0 Å². The molecule has 0 aliphatic carbocycles. The highest BCUT2D eigenvalue weighted by Gasteiger charge is 2.18. The maximum atomic E-state index is 2.41. The number of rotatable bonds is 5. The van der Waals surface area contributed by atoms with Crippen molar-refractivity contribution in [3.05, 3.63) is 176 Å². The first-order valence-electron chi connectivity index (χ1n) is 15.7. The van der Waals surface area contributed by atoms with Gasteiger partial charge in [0.2, 0.25) is 0 Å². The minimum atomic E-state index is 1.12. The van der Waals surface area contributed by atoms with Crippen LogP contribution in [0.2, 0.25) is 0 Å². The molecule has 0 fully saturated rings. The summed E-state index contributed by atoms with van der Waals surface area (Å²) in [6.07, 6.45) is 0. The minimum Gasteiger partial charge on any atom is -0.310 e. The van der Waals surface area contributed by atoms with Crippen LogP contribution in [0.1, 0.15) is 0 Å². The molecule has 0 unspecified atom stereocenters. The lowest BCUT2D eigenvalue weighted by Gasteiger charge is -2.27. The number of benzene rings is 8. The lowest BCUT2D eigenvalue weighted by molar-refractivity contribution is 1.30. The third kappa shape index (κ3) is 4.54. The molecule has 0 atom stereocenters. The average molecular weight is 604 g/mol. The van der Waals surface area contributed by atoms with Crippen molar-refractivity contribution in [2.24, 2.45) is 0 Å². The molecule has 1 aromatic heterocycles. The van der Waals surface area contributed by atoms with E-state index in [1.807, 2.05) is 11.3 Å². The molecular formula is C44H29NS. The molecule has 1 nitrogen and oxygen atoms in total. The number of fused-ring (bicyclic) bond motifs is 6. The molecule has 9 aromatic rings. The third-order valence-electron chi connectivity index (χ3n) is 9.04. The number of hydrogen-bond donors (Lipinski definition) is 0. The van der Waals surface area contributed by atoms with Gasteiger partial charge in [0.1, 0.15) is 0 Å². The standard InChI is InChI=1S/C44H29NS/c1-2-10-30(11-3-1)34-14-8-15-37(29-34)45(36-24-22-32(23-25-36)35-21-20-31-12-4-5-13-33(31)28-35)42-18-9-17-40-38(42)26-27-41-39-16-6-7-19-43(39)46-44(40)41/h1-29H. The molecule has 2 heteroatoms. The van der Waals surface area contributed by atoms with E-state index < -0.39 is 0 Å². The molecule has 0 saturated carbocycles. The summed E-state index contributed by atoms with van der Waals surface area (Å²) in [5.41, 5.74) is 8.25. The van der Waals surface area contributed by atoms with Gasteiger partial charge in [-0.1, -0.05) is 133 Å². The molecule has 9 rings (SSSR count). The first-order chi connectivity index (χ1) is 22.8. The maximum absolute atomic E-state index is 2.41. The van der Waals surface area contributed by atoms with Crippen molar-refractivity contribution in [3.63, 3.8) is 0 Å². The van der Waals surface area contributed by atoms with E-state index in [1.165, 1.54) is 69.7 Å². The quantitative estimate of drug-likeness (QED) is 0.189. The topological polar surface area (TPSA) is 3.24 Å². The number of thiophene rings is 1. The van der Waals surface area contributed by atoms with Gasteiger partial charge in [0, 0.05) is 42.3 Å². The van der Waals surface area contributed by atoms with Crippen molar-refractivity contribution in [2.45, 2.75) is 0 Å². The Morgan fingerprint density at radius 2 is 0.978 bits per heavy atom. The van der Waals surface area contributed by atoms with E-state index in [1.54, 1.807) is 0 Å². The molecule has 216 valence electrons. The Morgan fingerprint density at radius 3 is 1.87 bits per heavy atom. The summed E-state index contributed by atoms with van der Waals surface area (Å²) in [5.74, 6) is 0. The Kier molecular flexibility index (Phi) is 6.40. The largest absolute Gasteiger partial charge is 0.310 e. The van der Waals surface area contributed by atoms with Crippen molar-refractivity contribution >= 4 is 70.1 Å². The van der Waals surface area contributed by atoms with Gasteiger partial charge >= 0.3 is 0 Å². The van der Waals surface area contributed by atoms with Gasteiger partial charge in [0.05, 0.1) is 5.69 Å². The molecule has 0 N–H and O–H groups in total.